The van der Waals surface area contributed by atoms with E-state index in [9.17, 15) is 13.2 Å². The van der Waals surface area contributed by atoms with Gasteiger partial charge in [-0.05, 0) is 42.5 Å². The number of rotatable bonds is 10. The first-order valence-corrected chi connectivity index (χ1v) is 11.1. The average Bonchev–Trinajstić information content (AvgIpc) is 2.70. The van der Waals surface area contributed by atoms with Crippen molar-refractivity contribution in [1.82, 2.24) is 9.62 Å². The number of hydrogen-bond donors (Lipinski definition) is 1. The van der Waals surface area contributed by atoms with Gasteiger partial charge in [0.15, 0.2) is 0 Å². The third kappa shape index (κ3) is 6.58. The lowest BCUT2D eigenvalue weighted by Crippen LogP contribution is -2.42. The zero-order chi connectivity index (χ0) is 21.4. The fraction of sp³-hybridized carbons (Fsp3) is 0.409. The minimum absolute atomic E-state index is 0.0738. The summed E-state index contributed by atoms with van der Waals surface area (Å²) in [6, 6.07) is 14.6. The van der Waals surface area contributed by atoms with E-state index in [1.807, 2.05) is 51.1 Å². The standard InChI is InChI=1S/C22H30N2O4S/c1-17(2)15-23-22(25)16-24(13-12-19-8-6-5-7-9-19)29(26,27)21-14-18(3)10-11-20(21)28-4/h5-11,14,17H,12-13,15-16H2,1-4H3,(H,23,25). The molecule has 0 atom stereocenters. The third-order valence-corrected chi connectivity index (χ3v) is 6.32. The first-order chi connectivity index (χ1) is 13.7. The van der Waals surface area contributed by atoms with E-state index in [0.29, 0.717) is 13.0 Å². The number of nitrogens with one attached hydrogen (secondary N) is 1. The van der Waals surface area contributed by atoms with Gasteiger partial charge >= 0.3 is 0 Å². The third-order valence-electron chi connectivity index (χ3n) is 4.46. The van der Waals surface area contributed by atoms with Gasteiger partial charge in [0.05, 0.1) is 13.7 Å². The van der Waals surface area contributed by atoms with E-state index in [4.69, 9.17) is 4.74 Å². The molecule has 2 rings (SSSR count). The van der Waals surface area contributed by atoms with Crippen molar-refractivity contribution in [3.63, 3.8) is 0 Å². The topological polar surface area (TPSA) is 75.7 Å². The summed E-state index contributed by atoms with van der Waals surface area (Å²) in [5.74, 6) is 0.232. The Hall–Kier alpha value is -2.38. The van der Waals surface area contributed by atoms with Crippen LogP contribution in [-0.2, 0) is 21.2 Å². The molecular weight excluding hydrogens is 388 g/mol. The highest BCUT2D eigenvalue weighted by molar-refractivity contribution is 7.89. The van der Waals surface area contributed by atoms with Gasteiger partial charge in [0.1, 0.15) is 10.6 Å². The molecular formula is C22H30N2O4S. The second-order valence-corrected chi connectivity index (χ2v) is 9.33. The van der Waals surface area contributed by atoms with Gasteiger partial charge in [0.2, 0.25) is 15.9 Å². The van der Waals surface area contributed by atoms with E-state index >= 15 is 0 Å². The lowest BCUT2D eigenvalue weighted by molar-refractivity contribution is -0.121. The van der Waals surface area contributed by atoms with Crippen molar-refractivity contribution in [3.05, 3.63) is 59.7 Å². The highest BCUT2D eigenvalue weighted by Gasteiger charge is 2.29. The smallest absolute Gasteiger partial charge is 0.247 e. The average molecular weight is 419 g/mol. The van der Waals surface area contributed by atoms with E-state index < -0.39 is 10.0 Å². The van der Waals surface area contributed by atoms with Gasteiger partial charge < -0.3 is 10.1 Å². The minimum atomic E-state index is -3.92. The number of nitrogens with zero attached hydrogens (tertiary/aromatic N) is 1. The van der Waals surface area contributed by atoms with E-state index in [-0.39, 0.29) is 35.6 Å². The number of hydrogen-bond acceptors (Lipinski definition) is 4. The highest BCUT2D eigenvalue weighted by atomic mass is 32.2. The summed E-state index contributed by atoms with van der Waals surface area (Å²) < 4.78 is 33.4. The lowest BCUT2D eigenvalue weighted by atomic mass is 10.1. The first kappa shape index (κ1) is 22.9. The molecule has 0 unspecified atom stereocenters. The zero-order valence-electron chi connectivity index (χ0n) is 17.5. The first-order valence-electron chi connectivity index (χ1n) is 9.69. The van der Waals surface area contributed by atoms with Gasteiger partial charge in [-0.15, -0.1) is 0 Å². The van der Waals surface area contributed by atoms with Crippen LogP contribution in [-0.4, -0.2) is 45.4 Å². The number of aryl methyl sites for hydroxylation is 1. The number of benzene rings is 2. The van der Waals surface area contributed by atoms with Crippen molar-refractivity contribution in [2.75, 3.05) is 26.7 Å². The molecule has 0 spiro atoms. The molecule has 0 bridgehead atoms. The molecule has 0 heterocycles. The Morgan fingerprint density at radius 1 is 1.14 bits per heavy atom. The zero-order valence-corrected chi connectivity index (χ0v) is 18.3. The van der Waals surface area contributed by atoms with Crippen LogP contribution in [0.25, 0.3) is 0 Å². The van der Waals surface area contributed by atoms with Gasteiger partial charge in [-0.25, -0.2) is 8.42 Å². The molecule has 7 heteroatoms. The second kappa shape index (κ2) is 10.4. The molecule has 6 nitrogen and oxygen atoms in total. The summed E-state index contributed by atoms with van der Waals surface area (Å²) in [6.45, 7) is 6.25. The Morgan fingerprint density at radius 2 is 1.83 bits per heavy atom. The Bertz CT molecular complexity index is 912. The maximum atomic E-state index is 13.4. The molecule has 0 saturated heterocycles. The number of ether oxygens (including phenoxy) is 1. The van der Waals surface area contributed by atoms with Crippen molar-refractivity contribution in [2.24, 2.45) is 5.92 Å². The Balaban J connectivity index is 2.31. The summed E-state index contributed by atoms with van der Waals surface area (Å²) in [5.41, 5.74) is 1.81. The monoisotopic (exact) mass is 418 g/mol. The Labute approximate surface area is 173 Å². The highest BCUT2D eigenvalue weighted by Crippen LogP contribution is 2.28. The maximum Gasteiger partial charge on any atom is 0.247 e. The molecule has 0 radical (unpaired) electrons. The number of methoxy groups -OCH3 is 1. The molecule has 2 aromatic rings. The van der Waals surface area contributed by atoms with Gasteiger partial charge in [-0.3, -0.25) is 4.79 Å². The van der Waals surface area contributed by atoms with Gasteiger partial charge in [0, 0.05) is 13.1 Å². The van der Waals surface area contributed by atoms with Crippen LogP contribution in [0.4, 0.5) is 0 Å². The maximum absolute atomic E-state index is 13.4. The number of carbonyl (C=O) groups is 1. The lowest BCUT2D eigenvalue weighted by Gasteiger charge is -2.23. The van der Waals surface area contributed by atoms with Gasteiger partial charge in [-0.1, -0.05) is 50.2 Å². The fourth-order valence-electron chi connectivity index (χ4n) is 2.84. The number of carbonyl (C=O) groups excluding carboxylic acids is 1. The summed E-state index contributed by atoms with van der Waals surface area (Å²) >= 11 is 0. The predicted octanol–water partition coefficient (Wildman–Crippen LogP) is 3.01. The Kier molecular flexibility index (Phi) is 8.22. The molecule has 0 aliphatic carbocycles. The van der Waals surface area contributed by atoms with E-state index in [0.717, 1.165) is 11.1 Å². The number of sulfonamides is 1. The second-order valence-electron chi connectivity index (χ2n) is 7.43. The summed E-state index contributed by atoms with van der Waals surface area (Å²) in [7, 11) is -2.48. The SMILES string of the molecule is COc1ccc(C)cc1S(=O)(=O)N(CCc1ccccc1)CC(=O)NCC(C)C. The quantitative estimate of drug-likeness (QED) is 0.644. The van der Waals surface area contributed by atoms with Gasteiger partial charge in [0.25, 0.3) is 0 Å². The van der Waals surface area contributed by atoms with Crippen LogP contribution in [0.5, 0.6) is 5.75 Å². The van der Waals surface area contributed by atoms with Crippen molar-refractivity contribution in [1.29, 1.82) is 0 Å². The largest absolute Gasteiger partial charge is 0.495 e. The molecule has 1 N–H and O–H groups in total. The van der Waals surface area contributed by atoms with Crippen molar-refractivity contribution >= 4 is 15.9 Å². The summed E-state index contributed by atoms with van der Waals surface area (Å²) in [4.78, 5) is 12.5. The molecule has 0 aliphatic heterocycles. The molecule has 0 aromatic heterocycles. The fourth-order valence-corrected chi connectivity index (χ4v) is 4.48. The van der Waals surface area contributed by atoms with Crippen LogP contribution in [0.3, 0.4) is 0 Å². The molecule has 0 aliphatic rings. The molecule has 29 heavy (non-hydrogen) atoms. The van der Waals surface area contributed by atoms with E-state index in [1.54, 1.807) is 18.2 Å². The predicted molar refractivity (Wildman–Crippen MR) is 114 cm³/mol. The summed E-state index contributed by atoms with van der Waals surface area (Å²) in [5, 5.41) is 2.80. The van der Waals surface area contributed by atoms with Crippen LogP contribution >= 0.6 is 0 Å². The minimum Gasteiger partial charge on any atom is -0.495 e. The van der Waals surface area contributed by atoms with Crippen LogP contribution in [0, 0.1) is 12.8 Å². The van der Waals surface area contributed by atoms with Gasteiger partial charge in [-0.2, -0.15) is 4.31 Å². The molecule has 2 aromatic carbocycles. The van der Waals surface area contributed by atoms with Crippen LogP contribution in [0.2, 0.25) is 0 Å². The van der Waals surface area contributed by atoms with Crippen molar-refractivity contribution < 1.29 is 17.9 Å². The van der Waals surface area contributed by atoms with E-state index in [1.165, 1.54) is 11.4 Å². The number of amides is 1. The van der Waals surface area contributed by atoms with Crippen molar-refractivity contribution in [2.45, 2.75) is 32.1 Å². The molecule has 1 amide bonds. The molecule has 0 saturated carbocycles. The molecule has 158 valence electrons. The summed E-state index contributed by atoms with van der Waals surface area (Å²) in [6.07, 6.45) is 0.506. The van der Waals surface area contributed by atoms with Crippen molar-refractivity contribution in [3.8, 4) is 5.75 Å². The normalized spacial score (nSPS) is 11.7. The van der Waals surface area contributed by atoms with Crippen LogP contribution in [0.15, 0.2) is 53.4 Å². The molecule has 0 fully saturated rings. The van der Waals surface area contributed by atoms with Crippen LogP contribution < -0.4 is 10.1 Å². The van der Waals surface area contributed by atoms with E-state index in [2.05, 4.69) is 5.32 Å². The Morgan fingerprint density at radius 3 is 2.45 bits per heavy atom. The van der Waals surface area contributed by atoms with Crippen LogP contribution in [0.1, 0.15) is 25.0 Å².